The van der Waals surface area contributed by atoms with E-state index in [-0.39, 0.29) is 31.8 Å². The molecule has 8 nitrogen and oxygen atoms in total. The van der Waals surface area contributed by atoms with Crippen LogP contribution in [0.3, 0.4) is 0 Å². The zero-order valence-corrected chi connectivity index (χ0v) is 19.9. The number of ether oxygens (including phenoxy) is 4. The van der Waals surface area contributed by atoms with Crippen molar-refractivity contribution < 1.29 is 33.6 Å². The number of esters is 1. The van der Waals surface area contributed by atoms with Gasteiger partial charge in [-0.15, -0.1) is 0 Å². The normalized spacial score (nSPS) is 19.6. The highest BCUT2D eigenvalue weighted by molar-refractivity contribution is 5.88. The Bertz CT molecular complexity index is 577. The van der Waals surface area contributed by atoms with E-state index in [1.807, 2.05) is 13.8 Å². The van der Waals surface area contributed by atoms with Crippen molar-refractivity contribution in [2.45, 2.75) is 97.7 Å². The van der Waals surface area contributed by atoms with Crippen LogP contribution < -0.4 is 5.32 Å². The maximum Gasteiger partial charge on any atom is 0.407 e. The molecule has 1 rings (SSSR count). The molecule has 1 aliphatic rings. The molecule has 1 heterocycles. The molecule has 0 aromatic carbocycles. The Balaban J connectivity index is 2.84. The van der Waals surface area contributed by atoms with Gasteiger partial charge in [0.15, 0.2) is 6.29 Å². The van der Waals surface area contributed by atoms with Crippen molar-refractivity contribution in [2.75, 3.05) is 19.8 Å². The van der Waals surface area contributed by atoms with E-state index in [4.69, 9.17) is 18.9 Å². The first kappa shape index (κ1) is 27.4. The van der Waals surface area contributed by atoms with Crippen LogP contribution in [-0.2, 0) is 23.7 Å². The number of aliphatic hydroxyl groups is 1. The van der Waals surface area contributed by atoms with Crippen LogP contribution in [0.25, 0.3) is 0 Å². The Labute approximate surface area is 186 Å². The molecule has 1 unspecified atom stereocenters. The van der Waals surface area contributed by atoms with Gasteiger partial charge < -0.3 is 29.4 Å². The third-order valence-corrected chi connectivity index (χ3v) is 4.56. The Kier molecular flexibility index (Phi) is 12.1. The summed E-state index contributed by atoms with van der Waals surface area (Å²) in [5.41, 5.74) is -0.341. The molecule has 1 aliphatic heterocycles. The molecule has 0 radical (unpaired) electrons. The zero-order valence-electron chi connectivity index (χ0n) is 19.9. The Hall–Kier alpha value is -1.64. The van der Waals surface area contributed by atoms with Crippen molar-refractivity contribution in [3.63, 3.8) is 0 Å². The number of rotatable bonds is 11. The second-order valence-corrected chi connectivity index (χ2v) is 9.20. The fourth-order valence-corrected chi connectivity index (χ4v) is 3.19. The van der Waals surface area contributed by atoms with Gasteiger partial charge in [-0.3, -0.25) is 0 Å². The van der Waals surface area contributed by atoms with E-state index in [0.717, 1.165) is 19.3 Å². The summed E-state index contributed by atoms with van der Waals surface area (Å²) in [6.45, 7) is 12.2. The molecule has 180 valence electrons. The minimum atomic E-state index is -1.08. The number of carbonyl (C=O) groups is 2. The van der Waals surface area contributed by atoms with Gasteiger partial charge in [0.2, 0.25) is 0 Å². The van der Waals surface area contributed by atoms with Crippen molar-refractivity contribution in [1.29, 1.82) is 0 Å². The molecule has 0 bridgehead atoms. The van der Waals surface area contributed by atoms with E-state index in [0.29, 0.717) is 18.6 Å². The minimum absolute atomic E-state index is 0.209. The van der Waals surface area contributed by atoms with E-state index in [9.17, 15) is 14.7 Å². The van der Waals surface area contributed by atoms with Gasteiger partial charge in [-0.1, -0.05) is 13.8 Å². The summed E-state index contributed by atoms with van der Waals surface area (Å²) in [6.07, 6.45) is 3.20. The molecule has 0 aliphatic carbocycles. The van der Waals surface area contributed by atoms with Crippen LogP contribution in [-0.4, -0.2) is 61.0 Å². The Morgan fingerprint density at radius 1 is 1.26 bits per heavy atom. The monoisotopic (exact) mass is 443 g/mol. The van der Waals surface area contributed by atoms with Crippen LogP contribution in [0, 0.1) is 5.92 Å². The van der Waals surface area contributed by atoms with Crippen molar-refractivity contribution in [2.24, 2.45) is 5.92 Å². The lowest BCUT2D eigenvalue weighted by Crippen LogP contribution is -2.45. The number of alkyl carbamates (subject to hydrolysis) is 1. The predicted octanol–water partition coefficient (Wildman–Crippen LogP) is 3.71. The second-order valence-electron chi connectivity index (χ2n) is 9.20. The molecular formula is C23H41NO7. The zero-order chi connectivity index (χ0) is 23.4. The van der Waals surface area contributed by atoms with Crippen LogP contribution in [0.2, 0.25) is 0 Å². The highest BCUT2D eigenvalue weighted by Gasteiger charge is 2.26. The molecule has 8 heteroatoms. The van der Waals surface area contributed by atoms with Crippen molar-refractivity contribution in [3.05, 3.63) is 11.6 Å². The summed E-state index contributed by atoms with van der Waals surface area (Å²) in [7, 11) is 0. The lowest BCUT2D eigenvalue weighted by molar-refractivity contribution is -0.162. The molecule has 31 heavy (non-hydrogen) atoms. The number of carbonyl (C=O) groups excluding carboxylic acids is 2. The summed E-state index contributed by atoms with van der Waals surface area (Å²) in [5.74, 6) is -0.295. The van der Waals surface area contributed by atoms with Gasteiger partial charge in [0.05, 0.1) is 25.4 Å². The van der Waals surface area contributed by atoms with Crippen LogP contribution in [0.15, 0.2) is 11.6 Å². The SMILES string of the molecule is CCOC(=O)C(=C[C@H](O)[C@H](CC(C)C)NC(=O)OC(C)(C)C)CCOC1CCCCO1. The third kappa shape index (κ3) is 12.1. The lowest BCUT2D eigenvalue weighted by Gasteiger charge is -2.27. The van der Waals surface area contributed by atoms with Gasteiger partial charge in [-0.05, 0) is 65.4 Å². The van der Waals surface area contributed by atoms with Crippen LogP contribution >= 0.6 is 0 Å². The van der Waals surface area contributed by atoms with Gasteiger partial charge >= 0.3 is 12.1 Å². The summed E-state index contributed by atoms with van der Waals surface area (Å²) in [6, 6.07) is -0.609. The second kappa shape index (κ2) is 13.7. The minimum Gasteiger partial charge on any atom is -0.463 e. The van der Waals surface area contributed by atoms with Crippen LogP contribution in [0.5, 0.6) is 0 Å². The molecule has 1 saturated heterocycles. The molecule has 2 N–H and O–H groups in total. The molecule has 0 aromatic heterocycles. The summed E-state index contributed by atoms with van der Waals surface area (Å²) >= 11 is 0. The third-order valence-electron chi connectivity index (χ3n) is 4.56. The molecule has 1 amide bonds. The average Bonchev–Trinajstić information content (AvgIpc) is 2.65. The quantitative estimate of drug-likeness (QED) is 0.371. The van der Waals surface area contributed by atoms with Gasteiger partial charge in [0.1, 0.15) is 5.60 Å². The number of amides is 1. The first-order chi connectivity index (χ1) is 14.5. The van der Waals surface area contributed by atoms with E-state index in [1.54, 1.807) is 27.7 Å². The number of hydrogen-bond donors (Lipinski definition) is 2. The lowest BCUT2D eigenvalue weighted by atomic mass is 9.97. The van der Waals surface area contributed by atoms with E-state index >= 15 is 0 Å². The highest BCUT2D eigenvalue weighted by atomic mass is 16.7. The van der Waals surface area contributed by atoms with E-state index in [1.165, 1.54) is 6.08 Å². The number of aliphatic hydroxyl groups excluding tert-OH is 1. The predicted molar refractivity (Wildman–Crippen MR) is 117 cm³/mol. The van der Waals surface area contributed by atoms with Gasteiger partial charge in [-0.25, -0.2) is 9.59 Å². The van der Waals surface area contributed by atoms with Crippen LogP contribution in [0.4, 0.5) is 4.79 Å². The maximum absolute atomic E-state index is 12.4. The van der Waals surface area contributed by atoms with Crippen molar-refractivity contribution in [3.8, 4) is 0 Å². The first-order valence-electron chi connectivity index (χ1n) is 11.3. The van der Waals surface area contributed by atoms with E-state index < -0.39 is 29.8 Å². The molecule has 3 atom stereocenters. The Morgan fingerprint density at radius 2 is 1.97 bits per heavy atom. The average molecular weight is 444 g/mol. The van der Waals surface area contributed by atoms with Gasteiger partial charge in [0.25, 0.3) is 0 Å². The van der Waals surface area contributed by atoms with Crippen molar-refractivity contribution >= 4 is 12.1 Å². The number of nitrogens with one attached hydrogen (secondary N) is 1. The number of hydrogen-bond acceptors (Lipinski definition) is 7. The standard InChI is InChI=1S/C23H41NO7/c1-7-28-21(26)17(11-13-30-20-10-8-9-12-29-20)15-19(25)18(14-16(2)3)24-22(27)31-23(4,5)6/h15-16,18-20,25H,7-14H2,1-6H3,(H,24,27)/t18-,19-,20?/m0/s1. The first-order valence-corrected chi connectivity index (χ1v) is 11.3. The Morgan fingerprint density at radius 3 is 2.52 bits per heavy atom. The van der Waals surface area contributed by atoms with Gasteiger partial charge in [-0.2, -0.15) is 0 Å². The molecule has 0 aromatic rings. The fourth-order valence-electron chi connectivity index (χ4n) is 3.19. The smallest absolute Gasteiger partial charge is 0.407 e. The van der Waals surface area contributed by atoms with Gasteiger partial charge in [0, 0.05) is 18.6 Å². The highest BCUT2D eigenvalue weighted by Crippen LogP contribution is 2.17. The molecule has 0 saturated carbocycles. The summed E-state index contributed by atoms with van der Waals surface area (Å²) in [4.78, 5) is 24.6. The maximum atomic E-state index is 12.4. The summed E-state index contributed by atoms with van der Waals surface area (Å²) < 4.78 is 21.7. The van der Waals surface area contributed by atoms with Crippen LogP contribution in [0.1, 0.15) is 73.6 Å². The summed E-state index contributed by atoms with van der Waals surface area (Å²) in [5, 5.41) is 13.6. The van der Waals surface area contributed by atoms with Crippen molar-refractivity contribution in [1.82, 2.24) is 5.32 Å². The van der Waals surface area contributed by atoms with E-state index in [2.05, 4.69) is 5.32 Å². The largest absolute Gasteiger partial charge is 0.463 e. The molecule has 1 fully saturated rings. The molecule has 0 spiro atoms. The fraction of sp³-hybridized carbons (Fsp3) is 0.826. The molecular weight excluding hydrogens is 402 g/mol. The topological polar surface area (TPSA) is 103 Å².